The first kappa shape index (κ1) is 20.9. The number of hydrogen-bond acceptors (Lipinski definition) is 4. The largest absolute Gasteiger partial charge is 0.325 e. The monoisotopic (exact) mass is 442 g/mol. The van der Waals surface area contributed by atoms with E-state index >= 15 is 0 Å². The topological polar surface area (TPSA) is 91.4 Å². The SMILES string of the molecule is Cc1c(Cl)cnc(NC(=O)CN2C(=O)NC(C)(c3ccc(F)c(F)c3)C2=O)c1Cl. The molecule has 1 aliphatic heterocycles. The van der Waals surface area contributed by atoms with Crippen LogP contribution in [0.25, 0.3) is 0 Å². The Labute approximate surface area is 174 Å². The molecule has 1 atom stereocenters. The van der Waals surface area contributed by atoms with Gasteiger partial charge in [-0.2, -0.15) is 0 Å². The Morgan fingerprint density at radius 3 is 2.62 bits per heavy atom. The van der Waals surface area contributed by atoms with E-state index < -0.39 is 41.6 Å². The van der Waals surface area contributed by atoms with Crippen LogP contribution in [0.3, 0.4) is 0 Å². The van der Waals surface area contributed by atoms with Crippen LogP contribution < -0.4 is 10.6 Å². The summed E-state index contributed by atoms with van der Waals surface area (Å²) in [4.78, 5) is 41.9. The Morgan fingerprint density at radius 1 is 1.28 bits per heavy atom. The predicted molar refractivity (Wildman–Crippen MR) is 102 cm³/mol. The fourth-order valence-electron chi connectivity index (χ4n) is 2.80. The van der Waals surface area contributed by atoms with Gasteiger partial charge < -0.3 is 10.6 Å². The standard InChI is InChI=1S/C18H14Cl2F2N4O3/c1-8-10(19)6-23-15(14(8)20)24-13(27)7-26-16(28)18(2,25-17(26)29)9-3-4-11(21)12(22)5-9/h3-6H,7H2,1-2H3,(H,25,29)(H,23,24,27). The lowest BCUT2D eigenvalue weighted by Crippen LogP contribution is -2.42. The number of halogens is 4. The van der Waals surface area contributed by atoms with E-state index in [1.807, 2.05) is 0 Å². The molecule has 1 fully saturated rings. The number of pyridine rings is 1. The molecule has 1 saturated heterocycles. The molecule has 0 bridgehead atoms. The van der Waals surface area contributed by atoms with Crippen LogP contribution in [0.1, 0.15) is 18.1 Å². The number of hydrogen-bond donors (Lipinski definition) is 2. The van der Waals surface area contributed by atoms with Crippen molar-refractivity contribution < 1.29 is 23.2 Å². The summed E-state index contributed by atoms with van der Waals surface area (Å²) in [7, 11) is 0. The molecule has 1 aromatic carbocycles. The number of amides is 4. The Balaban J connectivity index is 1.79. The highest BCUT2D eigenvalue weighted by Crippen LogP contribution is 2.31. The Morgan fingerprint density at radius 2 is 1.97 bits per heavy atom. The zero-order chi connectivity index (χ0) is 21.5. The minimum atomic E-state index is -1.65. The average molecular weight is 443 g/mol. The molecule has 3 rings (SSSR count). The molecule has 0 radical (unpaired) electrons. The van der Waals surface area contributed by atoms with Gasteiger partial charge in [0, 0.05) is 6.20 Å². The molecule has 1 aliphatic rings. The molecule has 152 valence electrons. The van der Waals surface area contributed by atoms with Crippen LogP contribution in [-0.4, -0.2) is 34.3 Å². The number of imide groups is 1. The highest BCUT2D eigenvalue weighted by Gasteiger charge is 2.49. The van der Waals surface area contributed by atoms with Crippen molar-refractivity contribution in [3.05, 3.63) is 57.2 Å². The van der Waals surface area contributed by atoms with Gasteiger partial charge in [0.25, 0.3) is 5.91 Å². The van der Waals surface area contributed by atoms with E-state index in [4.69, 9.17) is 23.2 Å². The van der Waals surface area contributed by atoms with Crippen LogP contribution in [0, 0.1) is 18.6 Å². The predicted octanol–water partition coefficient (Wildman–Crippen LogP) is 3.38. The number of benzene rings is 1. The molecule has 29 heavy (non-hydrogen) atoms. The molecule has 0 saturated carbocycles. The molecule has 0 aliphatic carbocycles. The van der Waals surface area contributed by atoms with Crippen molar-refractivity contribution in [3.8, 4) is 0 Å². The van der Waals surface area contributed by atoms with Crippen molar-refractivity contribution in [2.45, 2.75) is 19.4 Å². The van der Waals surface area contributed by atoms with E-state index in [0.717, 1.165) is 12.1 Å². The number of carbonyl (C=O) groups is 3. The maximum Gasteiger partial charge on any atom is 0.325 e. The van der Waals surface area contributed by atoms with Gasteiger partial charge in [0.1, 0.15) is 12.1 Å². The van der Waals surface area contributed by atoms with Gasteiger partial charge in [-0.3, -0.25) is 14.5 Å². The summed E-state index contributed by atoms with van der Waals surface area (Å²) in [5.74, 6) is -3.77. The van der Waals surface area contributed by atoms with Crippen LogP contribution in [0.2, 0.25) is 10.0 Å². The maximum atomic E-state index is 13.6. The fraction of sp³-hybridized carbons (Fsp3) is 0.222. The number of urea groups is 1. The van der Waals surface area contributed by atoms with Crippen LogP contribution in [0.4, 0.5) is 19.4 Å². The van der Waals surface area contributed by atoms with Gasteiger partial charge in [0.2, 0.25) is 5.91 Å². The minimum absolute atomic E-state index is 0.0222. The molecule has 4 amide bonds. The highest BCUT2D eigenvalue weighted by molar-refractivity contribution is 6.37. The second-order valence-corrected chi connectivity index (χ2v) is 7.30. The molecule has 2 N–H and O–H groups in total. The summed E-state index contributed by atoms with van der Waals surface area (Å²) in [5, 5.41) is 5.24. The number of rotatable bonds is 4. The van der Waals surface area contributed by atoms with Gasteiger partial charge in [0.15, 0.2) is 17.5 Å². The zero-order valence-electron chi connectivity index (χ0n) is 15.1. The molecule has 7 nitrogen and oxygen atoms in total. The van der Waals surface area contributed by atoms with Gasteiger partial charge in [-0.25, -0.2) is 18.6 Å². The first-order chi connectivity index (χ1) is 13.5. The highest BCUT2D eigenvalue weighted by atomic mass is 35.5. The average Bonchev–Trinajstić information content (AvgIpc) is 2.88. The van der Waals surface area contributed by atoms with Crippen molar-refractivity contribution in [2.75, 3.05) is 11.9 Å². The number of anilines is 1. The summed E-state index contributed by atoms with van der Waals surface area (Å²) in [5.41, 5.74) is -1.12. The van der Waals surface area contributed by atoms with Gasteiger partial charge in [-0.15, -0.1) is 0 Å². The maximum absolute atomic E-state index is 13.6. The van der Waals surface area contributed by atoms with Gasteiger partial charge >= 0.3 is 6.03 Å². The van der Waals surface area contributed by atoms with Crippen molar-refractivity contribution in [3.63, 3.8) is 0 Å². The molecular weight excluding hydrogens is 429 g/mol. The van der Waals surface area contributed by atoms with E-state index in [2.05, 4.69) is 15.6 Å². The molecule has 2 heterocycles. The van der Waals surface area contributed by atoms with Crippen LogP contribution >= 0.6 is 23.2 Å². The summed E-state index contributed by atoms with van der Waals surface area (Å²) in [6.07, 6.45) is 1.30. The van der Waals surface area contributed by atoms with E-state index in [0.29, 0.717) is 15.5 Å². The van der Waals surface area contributed by atoms with E-state index in [9.17, 15) is 23.2 Å². The molecule has 1 aromatic heterocycles. The van der Waals surface area contributed by atoms with Crippen LogP contribution in [0.5, 0.6) is 0 Å². The molecule has 1 unspecified atom stereocenters. The van der Waals surface area contributed by atoms with Crippen LogP contribution in [-0.2, 0) is 15.1 Å². The molecule has 2 aromatic rings. The Hall–Kier alpha value is -2.78. The van der Waals surface area contributed by atoms with Crippen molar-refractivity contribution in [2.24, 2.45) is 0 Å². The quantitative estimate of drug-likeness (QED) is 0.709. The smallest absolute Gasteiger partial charge is 0.319 e. The number of nitrogens with one attached hydrogen (secondary N) is 2. The first-order valence-electron chi connectivity index (χ1n) is 8.24. The van der Waals surface area contributed by atoms with Gasteiger partial charge in [0.05, 0.1) is 10.0 Å². The van der Waals surface area contributed by atoms with E-state index in [1.165, 1.54) is 19.2 Å². The zero-order valence-corrected chi connectivity index (χ0v) is 16.7. The molecular formula is C18H14Cl2F2N4O3. The van der Waals surface area contributed by atoms with Gasteiger partial charge in [-0.05, 0) is 37.1 Å². The van der Waals surface area contributed by atoms with E-state index in [-0.39, 0.29) is 16.4 Å². The summed E-state index contributed by atoms with van der Waals surface area (Å²) in [6.45, 7) is 2.33. The normalized spacial score (nSPS) is 18.8. The lowest BCUT2D eigenvalue weighted by atomic mass is 9.92. The van der Waals surface area contributed by atoms with Crippen molar-refractivity contribution in [1.29, 1.82) is 0 Å². The molecule has 11 heteroatoms. The van der Waals surface area contributed by atoms with Crippen LogP contribution in [0.15, 0.2) is 24.4 Å². The summed E-state index contributed by atoms with van der Waals surface area (Å²) in [6, 6.07) is 1.99. The van der Waals surface area contributed by atoms with Gasteiger partial charge in [-0.1, -0.05) is 29.3 Å². The number of aromatic nitrogens is 1. The third-order valence-corrected chi connectivity index (χ3v) is 5.38. The third kappa shape index (κ3) is 3.75. The molecule has 0 spiro atoms. The van der Waals surface area contributed by atoms with Crippen molar-refractivity contribution >= 4 is 46.9 Å². The fourth-order valence-corrected chi connectivity index (χ4v) is 3.19. The summed E-state index contributed by atoms with van der Waals surface area (Å²) < 4.78 is 26.8. The number of carbonyl (C=O) groups excluding carboxylic acids is 3. The summed E-state index contributed by atoms with van der Waals surface area (Å²) >= 11 is 12.0. The number of nitrogens with zero attached hydrogens (tertiary/aromatic N) is 2. The second-order valence-electron chi connectivity index (χ2n) is 6.52. The Bertz CT molecular complexity index is 1050. The van der Waals surface area contributed by atoms with Crippen molar-refractivity contribution in [1.82, 2.24) is 15.2 Å². The van der Waals surface area contributed by atoms with E-state index in [1.54, 1.807) is 6.92 Å². The lowest BCUT2D eigenvalue weighted by Gasteiger charge is -2.22. The first-order valence-corrected chi connectivity index (χ1v) is 9.00. The second kappa shape index (κ2) is 7.57. The lowest BCUT2D eigenvalue weighted by molar-refractivity contribution is -0.133. The third-order valence-electron chi connectivity index (χ3n) is 4.53. The minimum Gasteiger partial charge on any atom is -0.319 e. The Kier molecular flexibility index (Phi) is 5.46.